The van der Waals surface area contributed by atoms with Crippen molar-refractivity contribution in [2.45, 2.75) is 12.8 Å². The summed E-state index contributed by atoms with van der Waals surface area (Å²) in [4.78, 5) is 6.33. The Morgan fingerprint density at radius 2 is 1.74 bits per heavy atom. The second-order valence-electron chi connectivity index (χ2n) is 5.99. The maximum atomic E-state index is 13.7. The number of benzene rings is 2. The number of phenolic OH excluding ortho intramolecular Hbond substituents is 1. The molecule has 5 heteroatoms. The first-order chi connectivity index (χ1) is 11.1. The van der Waals surface area contributed by atoms with Crippen molar-refractivity contribution in [2.75, 3.05) is 0 Å². The summed E-state index contributed by atoms with van der Waals surface area (Å²) in [6.45, 7) is 0. The van der Waals surface area contributed by atoms with Crippen molar-refractivity contribution in [2.24, 2.45) is 0 Å². The van der Waals surface area contributed by atoms with Gasteiger partial charge in [-0.25, -0.2) is 8.78 Å². The van der Waals surface area contributed by atoms with Gasteiger partial charge in [-0.2, -0.15) is 0 Å². The Kier molecular flexibility index (Phi) is 2.28. The van der Waals surface area contributed by atoms with Gasteiger partial charge in [0.2, 0.25) is 0 Å². The minimum atomic E-state index is -0.333. The van der Waals surface area contributed by atoms with Crippen LogP contribution in [0, 0.1) is 5.82 Å². The van der Waals surface area contributed by atoms with Crippen LogP contribution in [0.2, 0.25) is 0 Å². The Bertz CT molecular complexity index is 1150. The van der Waals surface area contributed by atoms with E-state index in [2.05, 4.69) is 9.97 Å². The number of H-pyrrole nitrogens is 2. The molecule has 0 fully saturated rings. The minimum Gasteiger partial charge on any atom is -0.504 e. The molecule has 2 aromatic carbocycles. The van der Waals surface area contributed by atoms with E-state index >= 15 is 0 Å². The van der Waals surface area contributed by atoms with E-state index in [1.54, 1.807) is 6.07 Å². The molecule has 23 heavy (non-hydrogen) atoms. The van der Waals surface area contributed by atoms with Gasteiger partial charge < -0.3 is 15.1 Å². The van der Waals surface area contributed by atoms with Crippen molar-refractivity contribution in [1.29, 1.82) is 0 Å². The highest BCUT2D eigenvalue weighted by molar-refractivity contribution is 6.16. The molecule has 0 atom stereocenters. The van der Waals surface area contributed by atoms with E-state index < -0.39 is 0 Å². The molecule has 4 aromatic rings. The number of hydrogen-bond donors (Lipinski definition) is 3. The van der Waals surface area contributed by atoms with E-state index in [0.717, 1.165) is 27.5 Å². The van der Waals surface area contributed by atoms with Gasteiger partial charge in [0.25, 0.3) is 0 Å². The Morgan fingerprint density at radius 1 is 0.913 bits per heavy atom. The molecule has 0 spiro atoms. The lowest BCUT2D eigenvalue weighted by molar-refractivity contribution is 0.485. The third-order valence-corrected chi connectivity index (χ3v) is 4.64. The molecular formula is C18H12F2N2O. The quantitative estimate of drug-likeness (QED) is 0.425. The third-order valence-electron chi connectivity index (χ3n) is 4.64. The molecule has 5 rings (SSSR count). The highest BCUT2D eigenvalue weighted by Crippen LogP contribution is 2.41. The zero-order valence-electron chi connectivity index (χ0n) is 12.0. The third kappa shape index (κ3) is 1.62. The summed E-state index contributed by atoms with van der Waals surface area (Å²) in [6.07, 6.45) is 2.46. The number of halogens is 2. The molecule has 2 heterocycles. The lowest BCUT2D eigenvalue weighted by atomic mass is 10.00. The zero-order valence-corrected chi connectivity index (χ0v) is 12.0. The largest absolute Gasteiger partial charge is 0.504 e. The van der Waals surface area contributed by atoms with Crippen LogP contribution in [-0.4, -0.2) is 15.1 Å². The molecule has 0 saturated heterocycles. The normalized spacial score (nSPS) is 14.6. The maximum absolute atomic E-state index is 13.7. The second kappa shape index (κ2) is 4.13. The Hall–Kier alpha value is -2.82. The van der Waals surface area contributed by atoms with Crippen molar-refractivity contribution in [3.63, 3.8) is 0 Å². The first-order valence-electron chi connectivity index (χ1n) is 7.45. The summed E-state index contributed by atoms with van der Waals surface area (Å²) < 4.78 is 27.2. The number of phenols is 1. The van der Waals surface area contributed by atoms with Gasteiger partial charge in [-0.3, -0.25) is 0 Å². The molecule has 1 aliphatic rings. The van der Waals surface area contributed by atoms with E-state index in [4.69, 9.17) is 0 Å². The summed E-state index contributed by atoms with van der Waals surface area (Å²) in [6, 6.07) is 6.34. The molecule has 114 valence electrons. The summed E-state index contributed by atoms with van der Waals surface area (Å²) in [7, 11) is 0. The van der Waals surface area contributed by atoms with Crippen LogP contribution in [0.15, 0.2) is 30.1 Å². The molecule has 3 nitrogen and oxygen atoms in total. The van der Waals surface area contributed by atoms with E-state index in [0.29, 0.717) is 29.3 Å². The van der Waals surface area contributed by atoms with Crippen LogP contribution in [0.5, 0.6) is 5.75 Å². The Labute approximate surface area is 129 Å². The zero-order chi connectivity index (χ0) is 15.7. The van der Waals surface area contributed by atoms with Gasteiger partial charge in [0, 0.05) is 39.4 Å². The number of rotatable bonds is 0. The van der Waals surface area contributed by atoms with Crippen molar-refractivity contribution in [1.82, 2.24) is 9.97 Å². The molecule has 0 amide bonds. The summed E-state index contributed by atoms with van der Waals surface area (Å²) in [5.41, 5.74) is 3.58. The van der Waals surface area contributed by atoms with Gasteiger partial charge in [-0.1, -0.05) is 0 Å². The number of aromatic amines is 2. The number of aromatic nitrogens is 2. The molecule has 0 aliphatic heterocycles. The number of aromatic hydroxyl groups is 1. The fourth-order valence-electron chi connectivity index (χ4n) is 3.55. The topological polar surface area (TPSA) is 51.8 Å². The van der Waals surface area contributed by atoms with Crippen LogP contribution in [0.3, 0.4) is 0 Å². The number of nitrogens with one attached hydrogen (secondary N) is 2. The van der Waals surface area contributed by atoms with Crippen molar-refractivity contribution >= 4 is 38.8 Å². The highest BCUT2D eigenvalue weighted by atomic mass is 19.1. The molecule has 1 aliphatic carbocycles. The number of allylic oxidation sites excluding steroid dienone is 1. The predicted octanol–water partition coefficient (Wildman–Crippen LogP) is 4.90. The summed E-state index contributed by atoms with van der Waals surface area (Å²) >= 11 is 0. The van der Waals surface area contributed by atoms with E-state index in [1.807, 2.05) is 6.07 Å². The molecule has 0 bridgehead atoms. The first kappa shape index (κ1) is 12.7. The second-order valence-corrected chi connectivity index (χ2v) is 5.99. The van der Waals surface area contributed by atoms with Crippen LogP contribution >= 0.6 is 0 Å². The average molecular weight is 310 g/mol. The molecular weight excluding hydrogens is 298 g/mol. The molecule has 0 radical (unpaired) electrons. The van der Waals surface area contributed by atoms with Crippen molar-refractivity contribution in [3.8, 4) is 5.75 Å². The van der Waals surface area contributed by atoms with Gasteiger partial charge in [0.1, 0.15) is 11.6 Å². The molecule has 0 saturated carbocycles. The van der Waals surface area contributed by atoms with Gasteiger partial charge >= 0.3 is 0 Å². The van der Waals surface area contributed by atoms with E-state index in [-0.39, 0.29) is 17.4 Å². The van der Waals surface area contributed by atoms with Crippen LogP contribution in [0.4, 0.5) is 8.78 Å². The lowest BCUT2D eigenvalue weighted by Crippen LogP contribution is -1.94. The van der Waals surface area contributed by atoms with Crippen LogP contribution < -0.4 is 0 Å². The smallest absolute Gasteiger partial charge is 0.164 e. The van der Waals surface area contributed by atoms with Crippen LogP contribution in [0.25, 0.3) is 38.8 Å². The monoisotopic (exact) mass is 310 g/mol. The summed E-state index contributed by atoms with van der Waals surface area (Å²) in [5.74, 6) is -0.416. The van der Waals surface area contributed by atoms with E-state index in [9.17, 15) is 13.9 Å². The Morgan fingerprint density at radius 3 is 2.61 bits per heavy atom. The minimum absolute atomic E-state index is 0.0808. The average Bonchev–Trinajstić information content (AvgIpc) is 3.07. The number of fused-ring (bicyclic) bond motifs is 6. The van der Waals surface area contributed by atoms with E-state index in [1.165, 1.54) is 18.2 Å². The fraction of sp³-hybridized carbons (Fsp3) is 0.111. The summed E-state index contributed by atoms with van der Waals surface area (Å²) in [5, 5.41) is 12.8. The van der Waals surface area contributed by atoms with Crippen LogP contribution in [-0.2, 0) is 6.42 Å². The molecule has 3 N–H and O–H groups in total. The number of hydrogen-bond acceptors (Lipinski definition) is 1. The fourth-order valence-corrected chi connectivity index (χ4v) is 3.55. The van der Waals surface area contributed by atoms with Gasteiger partial charge in [-0.15, -0.1) is 0 Å². The SMILES string of the molecule is Oc1c2[nH]c3c(c2cc2c1[nH]c1ccc(F)cc12)C=C(F)CC3. The first-order valence-corrected chi connectivity index (χ1v) is 7.45. The predicted molar refractivity (Wildman–Crippen MR) is 86.7 cm³/mol. The molecule has 0 unspecified atom stereocenters. The lowest BCUT2D eigenvalue weighted by Gasteiger charge is -2.06. The molecule has 2 aromatic heterocycles. The van der Waals surface area contributed by atoms with Crippen molar-refractivity contribution in [3.05, 3.63) is 47.2 Å². The van der Waals surface area contributed by atoms with Gasteiger partial charge in [0.15, 0.2) is 5.75 Å². The maximum Gasteiger partial charge on any atom is 0.164 e. The standard InChI is InChI=1S/C18H12F2N2O/c19-8-1-3-14-10(5-8)12-7-13-11-6-9(20)2-4-15(11)22-17(13)18(23)16(12)21-14/h1,3,5-7,21-23H,2,4H2. The Balaban J connectivity index is 1.98. The highest BCUT2D eigenvalue weighted by Gasteiger charge is 2.20. The number of aryl methyl sites for hydroxylation is 1. The van der Waals surface area contributed by atoms with Crippen LogP contribution in [0.1, 0.15) is 17.7 Å². The van der Waals surface area contributed by atoms with Gasteiger partial charge in [-0.05, 0) is 36.8 Å². The van der Waals surface area contributed by atoms with Gasteiger partial charge in [0.05, 0.1) is 11.0 Å². The van der Waals surface area contributed by atoms with Crippen molar-refractivity contribution < 1.29 is 13.9 Å².